The molecule has 0 bridgehead atoms. The van der Waals surface area contributed by atoms with Crippen molar-refractivity contribution < 1.29 is 19.0 Å². The van der Waals surface area contributed by atoms with Crippen LogP contribution in [-0.4, -0.2) is 59.1 Å². The fraction of sp³-hybridized carbons (Fsp3) is 0.350. The number of rotatable bonds is 6. The van der Waals surface area contributed by atoms with Gasteiger partial charge in [0, 0.05) is 41.4 Å². The maximum atomic E-state index is 13.7. The minimum atomic E-state index is -0.694. The van der Waals surface area contributed by atoms with Crippen LogP contribution in [-0.2, 0) is 9.53 Å². The predicted octanol–water partition coefficient (Wildman–Crippen LogP) is 2.63. The lowest BCUT2D eigenvalue weighted by Gasteiger charge is -2.38. The fourth-order valence-corrected chi connectivity index (χ4v) is 4.62. The van der Waals surface area contributed by atoms with Gasteiger partial charge >= 0.3 is 5.97 Å². The summed E-state index contributed by atoms with van der Waals surface area (Å²) in [6.07, 6.45) is 1.32. The number of esters is 1. The molecule has 1 saturated heterocycles. The summed E-state index contributed by atoms with van der Waals surface area (Å²) in [5.74, 6) is -0.334. The molecule has 2 aromatic rings. The predicted molar refractivity (Wildman–Crippen MR) is 115 cm³/mol. The Hall–Kier alpha value is -2.14. The van der Waals surface area contributed by atoms with Crippen molar-refractivity contribution in [2.45, 2.75) is 19.1 Å². The molecule has 2 aliphatic rings. The highest BCUT2D eigenvalue weighted by Gasteiger charge is 2.36. The Morgan fingerprint density at radius 2 is 2.27 bits per heavy atom. The molecule has 1 atom stereocenters. The normalized spacial score (nSPS) is 19.9. The van der Waals surface area contributed by atoms with Crippen LogP contribution in [0.5, 0.6) is 0 Å². The van der Waals surface area contributed by atoms with E-state index in [9.17, 15) is 14.3 Å². The number of aliphatic imine (C=N–C) groups is 1. The first-order valence-electron chi connectivity index (χ1n) is 9.46. The van der Waals surface area contributed by atoms with Crippen molar-refractivity contribution in [1.82, 2.24) is 15.2 Å². The number of carbonyl (C=O) groups is 1. The van der Waals surface area contributed by atoms with Gasteiger partial charge in [0.15, 0.2) is 10.8 Å². The Morgan fingerprint density at radius 1 is 1.47 bits per heavy atom. The number of likely N-dealkylation sites (tertiary alicyclic amines) is 1. The highest BCUT2D eigenvalue weighted by atomic mass is 79.9. The van der Waals surface area contributed by atoms with Crippen molar-refractivity contribution in [3.63, 3.8) is 0 Å². The van der Waals surface area contributed by atoms with Gasteiger partial charge in [-0.1, -0.05) is 22.0 Å². The van der Waals surface area contributed by atoms with Crippen molar-refractivity contribution in [2.24, 2.45) is 4.99 Å². The Morgan fingerprint density at radius 3 is 2.90 bits per heavy atom. The molecule has 3 heterocycles. The molecule has 2 aliphatic heterocycles. The summed E-state index contributed by atoms with van der Waals surface area (Å²) in [6, 6.07) is 3.61. The van der Waals surface area contributed by atoms with Crippen LogP contribution in [0.1, 0.15) is 23.5 Å². The Labute approximate surface area is 185 Å². The lowest BCUT2D eigenvalue weighted by molar-refractivity contribution is -0.139. The van der Waals surface area contributed by atoms with Crippen LogP contribution in [0.2, 0.25) is 0 Å². The van der Waals surface area contributed by atoms with E-state index in [1.165, 1.54) is 23.5 Å². The Kier molecular flexibility index (Phi) is 6.28. The molecule has 0 amide bonds. The maximum Gasteiger partial charge on any atom is 0.338 e. The number of β-amino-alcohol motifs (C(OH)–C–C–N with tert-alkyl or cyclic N) is 1. The molecule has 0 saturated carbocycles. The summed E-state index contributed by atoms with van der Waals surface area (Å²) in [7, 11) is 0. The molecule has 10 heteroatoms. The lowest BCUT2D eigenvalue weighted by atomic mass is 9.95. The monoisotopic (exact) mass is 494 g/mol. The van der Waals surface area contributed by atoms with Crippen molar-refractivity contribution >= 4 is 39.1 Å². The Balaban J connectivity index is 1.81. The topological polar surface area (TPSA) is 87.0 Å². The van der Waals surface area contributed by atoms with E-state index in [4.69, 9.17) is 9.73 Å². The molecule has 1 unspecified atom stereocenters. The molecule has 0 radical (unpaired) electrons. The lowest BCUT2D eigenvalue weighted by Crippen LogP contribution is -2.53. The second-order valence-corrected chi connectivity index (χ2v) is 8.72. The summed E-state index contributed by atoms with van der Waals surface area (Å²) in [6.45, 7) is 3.43. The molecular weight excluding hydrogens is 475 g/mol. The van der Waals surface area contributed by atoms with E-state index >= 15 is 0 Å². The highest BCUT2D eigenvalue weighted by Crippen LogP contribution is 2.37. The van der Waals surface area contributed by atoms with E-state index < -0.39 is 12.0 Å². The van der Waals surface area contributed by atoms with Gasteiger partial charge in [-0.3, -0.25) is 9.89 Å². The first-order valence-corrected chi connectivity index (χ1v) is 11.1. The van der Waals surface area contributed by atoms with E-state index in [0.717, 1.165) is 0 Å². The minimum absolute atomic E-state index is 0.221. The molecule has 2 N–H and O–H groups in total. The number of aliphatic hydroxyl groups excluding tert-OH is 1. The molecule has 30 heavy (non-hydrogen) atoms. The average Bonchev–Trinajstić information content (AvgIpc) is 3.21. The summed E-state index contributed by atoms with van der Waals surface area (Å²) in [4.78, 5) is 24.1. The van der Waals surface area contributed by atoms with Gasteiger partial charge < -0.3 is 15.2 Å². The number of aliphatic hydroxyl groups is 1. The van der Waals surface area contributed by atoms with E-state index in [0.29, 0.717) is 51.8 Å². The van der Waals surface area contributed by atoms with E-state index in [-0.39, 0.29) is 18.5 Å². The second kappa shape index (κ2) is 8.93. The third-order valence-corrected chi connectivity index (χ3v) is 6.30. The minimum Gasteiger partial charge on any atom is -0.463 e. The molecule has 158 valence electrons. The standard InChI is InChI=1S/C20H20BrFN4O3S/c1-2-29-20(28)16-15(10-26-8-12(27)9-26)24-18(19-23-5-6-30-19)25-17(16)13-4-3-11(22)7-14(13)21/h3-7,12,17,27H,2,8-10H2,1H3,(H,24,25). The van der Waals surface area contributed by atoms with Gasteiger partial charge in [-0.05, 0) is 24.6 Å². The number of thiazole rings is 1. The molecule has 1 fully saturated rings. The zero-order valence-corrected chi connectivity index (χ0v) is 18.5. The van der Waals surface area contributed by atoms with E-state index in [1.807, 2.05) is 10.3 Å². The molecule has 1 aromatic carbocycles. The zero-order valence-electron chi connectivity index (χ0n) is 16.1. The molecule has 4 rings (SSSR count). The van der Waals surface area contributed by atoms with Gasteiger partial charge in [-0.25, -0.2) is 14.2 Å². The van der Waals surface area contributed by atoms with Crippen LogP contribution in [0.25, 0.3) is 0 Å². The number of ether oxygens (including phenoxy) is 1. The van der Waals surface area contributed by atoms with Gasteiger partial charge in [-0.15, -0.1) is 11.3 Å². The van der Waals surface area contributed by atoms with Crippen molar-refractivity contribution in [1.29, 1.82) is 0 Å². The van der Waals surface area contributed by atoms with Crippen LogP contribution in [0, 0.1) is 5.82 Å². The van der Waals surface area contributed by atoms with Crippen LogP contribution in [0.15, 0.2) is 50.5 Å². The first kappa shape index (κ1) is 21.1. The van der Waals surface area contributed by atoms with Crippen molar-refractivity contribution in [2.75, 3.05) is 26.2 Å². The number of amidine groups is 1. The van der Waals surface area contributed by atoms with Gasteiger partial charge in [0.25, 0.3) is 0 Å². The van der Waals surface area contributed by atoms with Crippen LogP contribution in [0.4, 0.5) is 4.39 Å². The van der Waals surface area contributed by atoms with Gasteiger partial charge in [0.2, 0.25) is 0 Å². The smallest absolute Gasteiger partial charge is 0.338 e. The molecular formula is C20H20BrFN4O3S. The van der Waals surface area contributed by atoms with Gasteiger partial charge in [0.1, 0.15) is 11.9 Å². The summed E-state index contributed by atoms with van der Waals surface area (Å²) in [5, 5.41) is 15.4. The average molecular weight is 495 g/mol. The molecule has 1 aromatic heterocycles. The zero-order chi connectivity index (χ0) is 21.3. The SMILES string of the molecule is CCOC(=O)C1=C(CN2CC(O)C2)NC(c2nccs2)=NC1c1ccc(F)cc1Br. The number of hydrogen-bond donors (Lipinski definition) is 2. The number of nitrogens with zero attached hydrogens (tertiary/aromatic N) is 3. The van der Waals surface area contributed by atoms with Crippen LogP contribution < -0.4 is 5.32 Å². The number of halogens is 2. The van der Waals surface area contributed by atoms with Crippen LogP contribution >= 0.6 is 27.3 Å². The number of hydrogen-bond acceptors (Lipinski definition) is 8. The summed E-state index contributed by atoms with van der Waals surface area (Å²) in [5.41, 5.74) is 1.66. The molecule has 0 spiro atoms. The summed E-state index contributed by atoms with van der Waals surface area (Å²) >= 11 is 4.84. The quantitative estimate of drug-likeness (QED) is 0.600. The Bertz CT molecular complexity index is 1010. The number of nitrogens with one attached hydrogen (secondary N) is 1. The first-order chi connectivity index (χ1) is 14.5. The number of aromatic nitrogens is 1. The fourth-order valence-electron chi connectivity index (χ4n) is 3.46. The van der Waals surface area contributed by atoms with Gasteiger partial charge in [-0.2, -0.15) is 0 Å². The number of benzene rings is 1. The van der Waals surface area contributed by atoms with E-state index in [1.54, 1.807) is 19.2 Å². The highest BCUT2D eigenvalue weighted by molar-refractivity contribution is 9.10. The molecule has 7 nitrogen and oxygen atoms in total. The third kappa shape index (κ3) is 4.31. The van der Waals surface area contributed by atoms with Crippen molar-refractivity contribution in [3.05, 3.63) is 61.9 Å². The largest absolute Gasteiger partial charge is 0.463 e. The van der Waals surface area contributed by atoms with Gasteiger partial charge in [0.05, 0.1) is 18.3 Å². The van der Waals surface area contributed by atoms with E-state index in [2.05, 4.69) is 26.2 Å². The summed E-state index contributed by atoms with van der Waals surface area (Å²) < 4.78 is 19.6. The molecule has 0 aliphatic carbocycles. The third-order valence-electron chi connectivity index (χ3n) is 4.83. The number of carbonyl (C=O) groups excluding carboxylic acids is 1. The maximum absolute atomic E-state index is 13.7. The van der Waals surface area contributed by atoms with Crippen LogP contribution in [0.3, 0.4) is 0 Å². The second-order valence-electron chi connectivity index (χ2n) is 6.97. The van der Waals surface area contributed by atoms with Crippen molar-refractivity contribution in [3.8, 4) is 0 Å².